The molecule has 6 nitrogen and oxygen atoms in total. The van der Waals surface area contributed by atoms with Crippen LogP contribution >= 0.6 is 0 Å². The Morgan fingerprint density at radius 1 is 1.35 bits per heavy atom. The molecule has 1 unspecified atom stereocenters. The van der Waals surface area contributed by atoms with Gasteiger partial charge in [-0.05, 0) is 30.7 Å². The first-order chi connectivity index (χ1) is 12.6. The number of hydrogen-bond acceptors (Lipinski definition) is 6. The van der Waals surface area contributed by atoms with Gasteiger partial charge in [-0.2, -0.15) is 0 Å². The summed E-state index contributed by atoms with van der Waals surface area (Å²) >= 11 is 0. The first-order valence-corrected chi connectivity index (χ1v) is 9.06. The Hall–Kier alpha value is -2.18. The molecule has 6 heteroatoms. The molecule has 1 spiro atoms. The van der Waals surface area contributed by atoms with Gasteiger partial charge in [0.2, 0.25) is 5.95 Å². The van der Waals surface area contributed by atoms with Gasteiger partial charge in [-0.25, -0.2) is 9.97 Å². The maximum atomic E-state index is 5.93. The Morgan fingerprint density at radius 2 is 2.23 bits per heavy atom. The second-order valence-electron chi connectivity index (χ2n) is 7.52. The summed E-state index contributed by atoms with van der Waals surface area (Å²) < 4.78 is 11.3. The van der Waals surface area contributed by atoms with Crippen molar-refractivity contribution in [1.29, 1.82) is 0 Å². The first kappa shape index (κ1) is 17.2. The van der Waals surface area contributed by atoms with Crippen LogP contribution in [0.3, 0.4) is 0 Å². The van der Waals surface area contributed by atoms with Crippen molar-refractivity contribution in [3.63, 3.8) is 0 Å². The summed E-state index contributed by atoms with van der Waals surface area (Å²) in [6.45, 7) is 4.27. The van der Waals surface area contributed by atoms with Crippen molar-refractivity contribution in [2.75, 3.05) is 45.8 Å². The number of aromatic nitrogens is 2. The molecular formula is C20H26N4O2. The third kappa shape index (κ3) is 3.15. The van der Waals surface area contributed by atoms with Crippen LogP contribution in [0.1, 0.15) is 23.2 Å². The predicted molar refractivity (Wildman–Crippen MR) is 101 cm³/mol. The lowest BCUT2D eigenvalue weighted by atomic mass is 9.80. The molecule has 0 amide bonds. The van der Waals surface area contributed by atoms with Gasteiger partial charge in [0.15, 0.2) is 0 Å². The molecule has 138 valence electrons. The highest BCUT2D eigenvalue weighted by Gasteiger charge is 2.44. The molecule has 1 aromatic heterocycles. The highest BCUT2D eigenvalue weighted by molar-refractivity contribution is 5.37. The van der Waals surface area contributed by atoms with Crippen molar-refractivity contribution in [3.05, 3.63) is 47.3 Å². The van der Waals surface area contributed by atoms with Crippen LogP contribution in [0.5, 0.6) is 5.75 Å². The van der Waals surface area contributed by atoms with E-state index in [-0.39, 0.29) is 5.41 Å². The lowest BCUT2D eigenvalue weighted by Crippen LogP contribution is -2.40. The van der Waals surface area contributed by atoms with Gasteiger partial charge in [0.05, 0.1) is 31.4 Å². The molecular weight excluding hydrogens is 328 g/mol. The fraction of sp³-hybridized carbons (Fsp3) is 0.500. The van der Waals surface area contributed by atoms with Crippen molar-refractivity contribution < 1.29 is 9.47 Å². The van der Waals surface area contributed by atoms with E-state index in [1.54, 1.807) is 7.11 Å². The van der Waals surface area contributed by atoms with E-state index in [1.165, 1.54) is 11.3 Å². The molecule has 0 bridgehead atoms. The molecule has 26 heavy (non-hydrogen) atoms. The first-order valence-electron chi connectivity index (χ1n) is 9.06. The van der Waals surface area contributed by atoms with Crippen LogP contribution in [0.2, 0.25) is 0 Å². The number of nitrogens with zero attached hydrogens (tertiary/aromatic N) is 4. The lowest BCUT2D eigenvalue weighted by molar-refractivity contribution is 0.0503. The van der Waals surface area contributed by atoms with Gasteiger partial charge < -0.3 is 14.4 Å². The molecule has 0 radical (unpaired) electrons. The van der Waals surface area contributed by atoms with E-state index in [1.807, 2.05) is 31.3 Å². The highest BCUT2D eigenvalue weighted by atomic mass is 16.5. The van der Waals surface area contributed by atoms with Gasteiger partial charge in [-0.3, -0.25) is 4.90 Å². The molecule has 1 saturated heterocycles. The number of benzene rings is 1. The molecule has 0 aliphatic carbocycles. The number of fused-ring (bicyclic) bond motifs is 2. The molecule has 3 heterocycles. The molecule has 2 aliphatic heterocycles. The molecule has 0 saturated carbocycles. The smallest absolute Gasteiger partial charge is 0.225 e. The number of rotatable bonds is 4. The van der Waals surface area contributed by atoms with Crippen molar-refractivity contribution in [1.82, 2.24) is 14.9 Å². The van der Waals surface area contributed by atoms with Crippen LogP contribution < -0.4 is 9.64 Å². The molecule has 0 N–H and O–H groups in total. The van der Waals surface area contributed by atoms with Crippen molar-refractivity contribution in [2.45, 2.75) is 25.0 Å². The number of hydrogen-bond donors (Lipinski definition) is 0. The summed E-state index contributed by atoms with van der Waals surface area (Å²) in [5.41, 5.74) is 3.55. The Labute approximate surface area is 154 Å². The Balaban J connectivity index is 1.57. The Bertz CT molecular complexity index is 795. The van der Waals surface area contributed by atoms with Crippen LogP contribution in [0.15, 0.2) is 30.5 Å². The molecule has 2 aliphatic rings. The molecule has 1 aromatic carbocycles. The zero-order valence-corrected chi connectivity index (χ0v) is 15.7. The normalized spacial score (nSPS) is 22.4. The van der Waals surface area contributed by atoms with E-state index in [2.05, 4.69) is 28.1 Å². The van der Waals surface area contributed by atoms with E-state index in [4.69, 9.17) is 14.5 Å². The van der Waals surface area contributed by atoms with E-state index in [0.29, 0.717) is 6.61 Å². The summed E-state index contributed by atoms with van der Waals surface area (Å²) in [4.78, 5) is 13.8. The second-order valence-corrected chi connectivity index (χ2v) is 7.52. The maximum absolute atomic E-state index is 5.93. The third-order valence-corrected chi connectivity index (χ3v) is 5.36. The maximum Gasteiger partial charge on any atom is 0.225 e. The Morgan fingerprint density at radius 3 is 3.04 bits per heavy atom. The van der Waals surface area contributed by atoms with E-state index < -0.39 is 0 Å². The van der Waals surface area contributed by atoms with Crippen molar-refractivity contribution in [3.8, 4) is 5.75 Å². The zero-order chi connectivity index (χ0) is 18.1. The molecule has 2 aromatic rings. The van der Waals surface area contributed by atoms with Crippen LogP contribution in [0.25, 0.3) is 0 Å². The minimum absolute atomic E-state index is 0.0276. The number of likely N-dealkylation sites (tertiary alicyclic amines) is 1. The number of methoxy groups -OCH3 is 1. The van der Waals surface area contributed by atoms with Gasteiger partial charge in [0.1, 0.15) is 5.75 Å². The topological polar surface area (TPSA) is 50.7 Å². The van der Waals surface area contributed by atoms with E-state index in [0.717, 1.165) is 49.9 Å². The predicted octanol–water partition coefficient (Wildman–Crippen LogP) is 2.23. The zero-order valence-electron chi connectivity index (χ0n) is 15.7. The summed E-state index contributed by atoms with van der Waals surface area (Å²) in [6.07, 6.45) is 3.00. The fourth-order valence-corrected chi connectivity index (χ4v) is 4.04. The standard InChI is InChI=1S/C20H26N4O2/c1-23(2)19-21-10-16-12-26-14-20(18(16)22-19)7-8-24(13-20)11-15-5-4-6-17(9-15)25-3/h4-6,9-10H,7-8,11-14H2,1-3H3. The second kappa shape index (κ2) is 6.85. The van der Waals surface area contributed by atoms with Crippen molar-refractivity contribution in [2.24, 2.45) is 0 Å². The Kier molecular flexibility index (Phi) is 4.54. The largest absolute Gasteiger partial charge is 0.497 e. The molecule has 1 fully saturated rings. The van der Waals surface area contributed by atoms with Gasteiger partial charge in [-0.15, -0.1) is 0 Å². The average Bonchev–Trinajstić information content (AvgIpc) is 3.05. The van der Waals surface area contributed by atoms with Crippen LogP contribution in [0.4, 0.5) is 5.95 Å². The van der Waals surface area contributed by atoms with Gasteiger partial charge in [0, 0.05) is 38.9 Å². The van der Waals surface area contributed by atoms with Crippen LogP contribution in [-0.2, 0) is 23.3 Å². The summed E-state index contributed by atoms with van der Waals surface area (Å²) in [7, 11) is 5.68. The minimum Gasteiger partial charge on any atom is -0.497 e. The SMILES string of the molecule is COc1cccc(CN2CCC3(COCc4cnc(N(C)C)nc43)C2)c1. The van der Waals surface area contributed by atoms with Crippen LogP contribution in [-0.4, -0.2) is 55.8 Å². The number of ether oxygens (including phenoxy) is 2. The average molecular weight is 354 g/mol. The van der Waals surface area contributed by atoms with Crippen molar-refractivity contribution >= 4 is 5.95 Å². The van der Waals surface area contributed by atoms with Gasteiger partial charge in [-0.1, -0.05) is 12.1 Å². The number of anilines is 1. The summed E-state index contributed by atoms with van der Waals surface area (Å²) in [5.74, 6) is 1.68. The summed E-state index contributed by atoms with van der Waals surface area (Å²) in [5, 5.41) is 0. The lowest BCUT2D eigenvalue weighted by Gasteiger charge is -2.34. The highest BCUT2D eigenvalue weighted by Crippen LogP contribution is 2.39. The third-order valence-electron chi connectivity index (χ3n) is 5.36. The quantitative estimate of drug-likeness (QED) is 0.839. The molecule has 1 atom stereocenters. The fourth-order valence-electron chi connectivity index (χ4n) is 4.04. The van der Waals surface area contributed by atoms with Crippen LogP contribution in [0, 0.1) is 0 Å². The van der Waals surface area contributed by atoms with Gasteiger partial charge >= 0.3 is 0 Å². The van der Waals surface area contributed by atoms with E-state index >= 15 is 0 Å². The van der Waals surface area contributed by atoms with E-state index in [9.17, 15) is 0 Å². The minimum atomic E-state index is -0.0276. The summed E-state index contributed by atoms with van der Waals surface area (Å²) in [6, 6.07) is 8.31. The van der Waals surface area contributed by atoms with Gasteiger partial charge in [0.25, 0.3) is 0 Å². The monoisotopic (exact) mass is 354 g/mol. The molecule has 4 rings (SSSR count).